The summed E-state index contributed by atoms with van der Waals surface area (Å²) in [6.45, 7) is 0. The van der Waals surface area contributed by atoms with Crippen LogP contribution in [0, 0.1) is 0 Å². The zero-order chi connectivity index (χ0) is 9.14. The van der Waals surface area contributed by atoms with Gasteiger partial charge < -0.3 is 15.0 Å². The second-order valence-corrected chi connectivity index (χ2v) is 2.14. The molecular weight excluding hydrogens is 246 g/mol. The average Bonchev–Trinajstić information content (AvgIpc) is 2.04. The summed E-state index contributed by atoms with van der Waals surface area (Å²) >= 11 is 0. The normalized spacial score (nSPS) is 8.62. The first kappa shape index (κ1) is 13.0. The maximum Gasteiger partial charge on any atom is 1.00 e. The number of hydrogen-bond acceptors (Lipinski definition) is 3. The molecule has 0 heterocycles. The predicted molar refractivity (Wildman–Crippen MR) is 37.7 cm³/mol. The summed E-state index contributed by atoms with van der Waals surface area (Å²) in [5, 5.41) is 18.9. The topological polar surface area (TPSA) is 77.4 Å². The number of carboxylic acid groups (broad SMARTS) is 2. The molecule has 4 nitrogen and oxygen atoms in total. The first-order valence-corrected chi connectivity index (χ1v) is 3.16. The van der Waals surface area contributed by atoms with Crippen molar-refractivity contribution in [3.8, 4) is 0 Å². The maximum atomic E-state index is 10.4. The van der Waals surface area contributed by atoms with Crippen LogP contribution in [0.25, 0.3) is 0 Å². The quantitative estimate of drug-likeness (QED) is 0.598. The van der Waals surface area contributed by atoms with Gasteiger partial charge in [-0.3, -0.25) is 0 Å². The van der Waals surface area contributed by atoms with Gasteiger partial charge in [-0.25, -0.2) is 4.79 Å². The van der Waals surface area contributed by atoms with Gasteiger partial charge in [-0.05, 0) is 6.07 Å². The van der Waals surface area contributed by atoms with E-state index in [9.17, 15) is 14.7 Å². The van der Waals surface area contributed by atoms with Gasteiger partial charge >= 0.3 is 64.2 Å². The summed E-state index contributed by atoms with van der Waals surface area (Å²) in [7, 11) is 0. The zero-order valence-corrected chi connectivity index (χ0v) is 11.9. The molecule has 13 heavy (non-hydrogen) atoms. The summed E-state index contributed by atoms with van der Waals surface area (Å²) in [6.07, 6.45) is 0. The Labute approximate surface area is 123 Å². The summed E-state index contributed by atoms with van der Waals surface area (Å²) < 4.78 is 0. The SMILES string of the molecule is O=C([O-])c1ccccc1C(=O)O.[Rb+]. The molecule has 0 atom stereocenters. The molecule has 0 radical (unpaired) electrons. The fourth-order valence-electron chi connectivity index (χ4n) is 0.848. The van der Waals surface area contributed by atoms with Crippen LogP contribution >= 0.6 is 0 Å². The van der Waals surface area contributed by atoms with Crippen LogP contribution in [0.15, 0.2) is 24.3 Å². The van der Waals surface area contributed by atoms with Crippen molar-refractivity contribution in [1.29, 1.82) is 0 Å². The molecule has 1 N–H and O–H groups in total. The van der Waals surface area contributed by atoms with Gasteiger partial charge in [0.2, 0.25) is 0 Å². The van der Waals surface area contributed by atoms with Gasteiger partial charge in [0.1, 0.15) is 0 Å². The summed E-state index contributed by atoms with van der Waals surface area (Å²) in [6, 6.07) is 5.31. The number of carbonyl (C=O) groups excluding carboxylic acids is 1. The van der Waals surface area contributed by atoms with Crippen LogP contribution in [0.1, 0.15) is 20.7 Å². The Morgan fingerprint density at radius 1 is 1.15 bits per heavy atom. The van der Waals surface area contributed by atoms with Crippen LogP contribution in [0.4, 0.5) is 0 Å². The van der Waals surface area contributed by atoms with Crippen LogP contribution < -0.4 is 63.3 Å². The summed E-state index contributed by atoms with van der Waals surface area (Å²) in [4.78, 5) is 20.8. The zero-order valence-electron chi connectivity index (χ0n) is 6.98. The van der Waals surface area contributed by atoms with Crippen LogP contribution in [0.2, 0.25) is 0 Å². The van der Waals surface area contributed by atoms with E-state index in [1.165, 1.54) is 24.3 Å². The molecule has 0 bridgehead atoms. The fraction of sp³-hybridized carbons (Fsp3) is 0. The molecule has 0 spiro atoms. The summed E-state index contributed by atoms with van der Waals surface area (Å²) in [5.74, 6) is -2.75. The number of hydrogen-bond donors (Lipinski definition) is 1. The molecular formula is C8H5O4Rb. The minimum absolute atomic E-state index is 0. The predicted octanol–water partition coefficient (Wildman–Crippen LogP) is -3.25. The molecule has 0 aliphatic heterocycles. The molecule has 1 aromatic rings. The van der Waals surface area contributed by atoms with Gasteiger partial charge in [0.25, 0.3) is 0 Å². The van der Waals surface area contributed by atoms with E-state index in [-0.39, 0.29) is 69.3 Å². The van der Waals surface area contributed by atoms with E-state index >= 15 is 0 Å². The van der Waals surface area contributed by atoms with Crippen LogP contribution in [0.3, 0.4) is 0 Å². The van der Waals surface area contributed by atoms with Gasteiger partial charge in [-0.15, -0.1) is 0 Å². The molecule has 0 aliphatic rings. The second kappa shape index (κ2) is 5.64. The Morgan fingerprint density at radius 3 is 1.92 bits per heavy atom. The molecule has 0 saturated carbocycles. The first-order chi connectivity index (χ1) is 5.63. The van der Waals surface area contributed by atoms with Crippen molar-refractivity contribution >= 4 is 11.9 Å². The Balaban J connectivity index is 0.00000144. The third-order valence-corrected chi connectivity index (χ3v) is 1.38. The van der Waals surface area contributed by atoms with E-state index in [0.29, 0.717) is 0 Å². The second-order valence-electron chi connectivity index (χ2n) is 2.14. The maximum absolute atomic E-state index is 10.4. The van der Waals surface area contributed by atoms with Crippen molar-refractivity contribution in [3.05, 3.63) is 35.4 Å². The van der Waals surface area contributed by atoms with E-state index in [4.69, 9.17) is 5.11 Å². The molecule has 62 valence electrons. The van der Waals surface area contributed by atoms with Crippen molar-refractivity contribution in [1.82, 2.24) is 0 Å². The van der Waals surface area contributed by atoms with Gasteiger partial charge in [-0.2, -0.15) is 0 Å². The minimum atomic E-state index is -1.48. The third kappa shape index (κ3) is 3.30. The third-order valence-electron chi connectivity index (χ3n) is 1.38. The van der Waals surface area contributed by atoms with Crippen molar-refractivity contribution < 1.29 is 78.0 Å². The molecule has 0 aliphatic carbocycles. The fourth-order valence-corrected chi connectivity index (χ4v) is 0.848. The van der Waals surface area contributed by atoms with E-state index in [1.54, 1.807) is 0 Å². The van der Waals surface area contributed by atoms with Crippen molar-refractivity contribution in [3.63, 3.8) is 0 Å². The van der Waals surface area contributed by atoms with Gasteiger partial charge in [0, 0.05) is 5.56 Å². The van der Waals surface area contributed by atoms with E-state index in [1.807, 2.05) is 0 Å². The van der Waals surface area contributed by atoms with Gasteiger partial charge in [0.05, 0.1) is 11.5 Å². The largest absolute Gasteiger partial charge is 1.00 e. The van der Waals surface area contributed by atoms with Crippen molar-refractivity contribution in [2.24, 2.45) is 0 Å². The Kier molecular flexibility index (Phi) is 5.63. The number of rotatable bonds is 2. The summed E-state index contributed by atoms with van der Waals surface area (Å²) in [5.41, 5.74) is -0.553. The van der Waals surface area contributed by atoms with Crippen LogP contribution in [-0.2, 0) is 0 Å². The number of benzene rings is 1. The van der Waals surface area contributed by atoms with E-state index in [0.717, 1.165) is 0 Å². The Morgan fingerprint density at radius 2 is 1.62 bits per heavy atom. The standard InChI is InChI=1S/C8H6O4.Rb/c9-7(10)5-3-1-2-4-6(5)8(11)12;/h1-4H,(H,9,10)(H,11,12);/q;+1/p-1. The van der Waals surface area contributed by atoms with Crippen LogP contribution in [-0.4, -0.2) is 17.0 Å². The molecule has 0 amide bonds. The molecule has 0 aromatic heterocycles. The van der Waals surface area contributed by atoms with Gasteiger partial charge in [-0.1, -0.05) is 18.2 Å². The van der Waals surface area contributed by atoms with Gasteiger partial charge in [0.15, 0.2) is 0 Å². The smallest absolute Gasteiger partial charge is 0.545 e. The van der Waals surface area contributed by atoms with Crippen molar-refractivity contribution in [2.75, 3.05) is 0 Å². The first-order valence-electron chi connectivity index (χ1n) is 3.16. The molecule has 1 aromatic carbocycles. The molecule has 5 heteroatoms. The molecule has 0 fully saturated rings. The number of carbonyl (C=O) groups is 2. The van der Waals surface area contributed by atoms with E-state index in [2.05, 4.69) is 0 Å². The monoisotopic (exact) mass is 250 g/mol. The van der Waals surface area contributed by atoms with Crippen LogP contribution in [0.5, 0.6) is 0 Å². The number of aromatic carboxylic acids is 2. The Hall–Kier alpha value is -0.0348. The van der Waals surface area contributed by atoms with Crippen molar-refractivity contribution in [2.45, 2.75) is 0 Å². The van der Waals surface area contributed by atoms with E-state index < -0.39 is 11.9 Å². The average molecular weight is 251 g/mol. The molecule has 0 saturated heterocycles. The minimum Gasteiger partial charge on any atom is -0.545 e. The number of carboxylic acids is 2. The Bertz CT molecular complexity index is 302. The molecule has 0 unspecified atom stereocenters. The molecule has 1 rings (SSSR count).